The molecular formula is C22H27N4O+. The summed E-state index contributed by atoms with van der Waals surface area (Å²) < 4.78 is 2.00. The van der Waals surface area contributed by atoms with Gasteiger partial charge in [0, 0.05) is 41.6 Å². The number of hydrazone groups is 1. The lowest BCUT2D eigenvalue weighted by atomic mass is 10.1. The lowest BCUT2D eigenvalue weighted by molar-refractivity contribution is -0.538. The highest BCUT2D eigenvalue weighted by Gasteiger charge is 2.24. The van der Waals surface area contributed by atoms with E-state index in [1.165, 1.54) is 6.42 Å². The SMILES string of the molecule is Cc1ccccc1C(=O)NCCCCCCC=[N+]1CC(c2cccnc2)=N1. The molecule has 1 aliphatic rings. The van der Waals surface area contributed by atoms with Crippen LogP contribution in [0.15, 0.2) is 53.9 Å². The number of pyridine rings is 1. The van der Waals surface area contributed by atoms with Gasteiger partial charge in [0.1, 0.15) is 0 Å². The van der Waals surface area contributed by atoms with Crippen LogP contribution in [0.3, 0.4) is 0 Å². The van der Waals surface area contributed by atoms with Crippen molar-refractivity contribution in [2.75, 3.05) is 13.1 Å². The molecule has 0 atom stereocenters. The second kappa shape index (κ2) is 9.76. The molecule has 1 aliphatic heterocycles. The predicted octanol–water partition coefficient (Wildman–Crippen LogP) is 3.57. The van der Waals surface area contributed by atoms with E-state index in [4.69, 9.17) is 0 Å². The van der Waals surface area contributed by atoms with Gasteiger partial charge >= 0.3 is 0 Å². The Morgan fingerprint density at radius 1 is 1.15 bits per heavy atom. The summed E-state index contributed by atoms with van der Waals surface area (Å²) in [6.45, 7) is 3.58. The van der Waals surface area contributed by atoms with Crippen LogP contribution < -0.4 is 5.32 Å². The zero-order valence-corrected chi connectivity index (χ0v) is 15.9. The molecule has 140 valence electrons. The third-order valence-electron chi connectivity index (χ3n) is 4.70. The van der Waals surface area contributed by atoms with Crippen molar-refractivity contribution in [2.45, 2.75) is 39.0 Å². The summed E-state index contributed by atoms with van der Waals surface area (Å²) in [4.78, 5) is 16.2. The maximum absolute atomic E-state index is 12.1. The van der Waals surface area contributed by atoms with Gasteiger partial charge in [-0.15, -0.1) is 0 Å². The number of hydrogen-bond acceptors (Lipinski definition) is 3. The number of aromatic nitrogens is 1. The first-order valence-corrected chi connectivity index (χ1v) is 9.66. The number of amides is 1. The van der Waals surface area contributed by atoms with Crippen LogP contribution in [0.5, 0.6) is 0 Å². The van der Waals surface area contributed by atoms with Crippen LogP contribution in [-0.2, 0) is 0 Å². The topological polar surface area (TPSA) is 57.4 Å². The van der Waals surface area contributed by atoms with E-state index in [0.717, 1.165) is 61.2 Å². The van der Waals surface area contributed by atoms with Crippen molar-refractivity contribution in [1.29, 1.82) is 0 Å². The summed E-state index contributed by atoms with van der Waals surface area (Å²) in [6.07, 6.45) is 11.3. The molecule has 3 rings (SSSR count). The Morgan fingerprint density at radius 2 is 1.96 bits per heavy atom. The van der Waals surface area contributed by atoms with Gasteiger partial charge in [-0.2, -0.15) is 0 Å². The molecule has 2 aromatic rings. The average molecular weight is 363 g/mol. The molecule has 0 radical (unpaired) electrons. The largest absolute Gasteiger partial charge is 0.352 e. The first kappa shape index (κ1) is 19.0. The van der Waals surface area contributed by atoms with Crippen molar-refractivity contribution in [3.8, 4) is 0 Å². The molecule has 1 aromatic heterocycles. The Labute approximate surface area is 160 Å². The van der Waals surface area contributed by atoms with Gasteiger partial charge in [-0.1, -0.05) is 35.7 Å². The minimum absolute atomic E-state index is 0.0292. The van der Waals surface area contributed by atoms with Gasteiger partial charge in [0.2, 0.25) is 6.54 Å². The third-order valence-corrected chi connectivity index (χ3v) is 4.70. The van der Waals surface area contributed by atoms with E-state index in [-0.39, 0.29) is 5.91 Å². The minimum Gasteiger partial charge on any atom is -0.352 e. The number of unbranched alkanes of at least 4 members (excludes halogenated alkanes) is 4. The van der Waals surface area contributed by atoms with Gasteiger partial charge in [0.05, 0.1) is 0 Å². The summed E-state index contributed by atoms with van der Waals surface area (Å²) in [6, 6.07) is 11.7. The van der Waals surface area contributed by atoms with E-state index in [1.807, 2.05) is 54.2 Å². The zero-order valence-electron chi connectivity index (χ0n) is 15.9. The lowest BCUT2D eigenvalue weighted by Gasteiger charge is -2.09. The van der Waals surface area contributed by atoms with E-state index < -0.39 is 0 Å². The molecule has 1 N–H and O–H groups in total. The van der Waals surface area contributed by atoms with Crippen molar-refractivity contribution >= 4 is 17.8 Å². The van der Waals surface area contributed by atoms with Crippen LogP contribution in [0.4, 0.5) is 0 Å². The summed E-state index contributed by atoms with van der Waals surface area (Å²) >= 11 is 0. The summed E-state index contributed by atoms with van der Waals surface area (Å²) in [7, 11) is 0. The van der Waals surface area contributed by atoms with Gasteiger partial charge in [-0.05, 0) is 43.5 Å². The van der Waals surface area contributed by atoms with E-state index in [9.17, 15) is 4.79 Å². The number of nitrogens with zero attached hydrogens (tertiary/aromatic N) is 3. The number of aryl methyl sites for hydroxylation is 1. The van der Waals surface area contributed by atoms with Gasteiger partial charge in [-0.25, -0.2) is 0 Å². The number of carbonyl (C=O) groups excluding carboxylic acids is 1. The minimum atomic E-state index is 0.0292. The van der Waals surface area contributed by atoms with Crippen molar-refractivity contribution in [2.24, 2.45) is 5.10 Å². The Bertz CT molecular complexity index is 827. The maximum atomic E-state index is 12.1. The van der Waals surface area contributed by atoms with Crippen molar-refractivity contribution in [1.82, 2.24) is 10.3 Å². The second-order valence-electron chi connectivity index (χ2n) is 6.84. The van der Waals surface area contributed by atoms with Crippen LogP contribution in [0.1, 0.15) is 53.6 Å². The fourth-order valence-electron chi connectivity index (χ4n) is 3.07. The highest BCUT2D eigenvalue weighted by atomic mass is 16.1. The van der Waals surface area contributed by atoms with Crippen LogP contribution >= 0.6 is 0 Å². The first-order valence-electron chi connectivity index (χ1n) is 9.66. The number of carbonyl (C=O) groups is 1. The fraction of sp³-hybridized carbons (Fsp3) is 0.364. The Kier molecular flexibility index (Phi) is 6.85. The van der Waals surface area contributed by atoms with E-state index in [0.29, 0.717) is 0 Å². The van der Waals surface area contributed by atoms with E-state index in [2.05, 4.69) is 21.6 Å². The van der Waals surface area contributed by atoms with Gasteiger partial charge < -0.3 is 5.32 Å². The molecule has 1 aromatic carbocycles. The predicted molar refractivity (Wildman–Crippen MR) is 109 cm³/mol. The fourth-order valence-corrected chi connectivity index (χ4v) is 3.07. The number of benzene rings is 1. The molecule has 0 spiro atoms. The highest BCUT2D eigenvalue weighted by Crippen LogP contribution is 2.09. The molecule has 5 nitrogen and oxygen atoms in total. The molecule has 1 amide bonds. The molecule has 5 heteroatoms. The zero-order chi connectivity index (χ0) is 18.9. The van der Waals surface area contributed by atoms with Gasteiger partial charge in [0.25, 0.3) is 5.91 Å². The summed E-state index contributed by atoms with van der Waals surface area (Å²) in [5.41, 5.74) is 4.00. The molecular weight excluding hydrogens is 336 g/mol. The van der Waals surface area contributed by atoms with Crippen LogP contribution in [-0.4, -0.2) is 40.6 Å². The van der Waals surface area contributed by atoms with Crippen LogP contribution in [0.25, 0.3) is 0 Å². The van der Waals surface area contributed by atoms with E-state index in [1.54, 1.807) is 6.20 Å². The molecule has 0 aliphatic carbocycles. The quantitative estimate of drug-likeness (QED) is 0.547. The standard InChI is InChI=1S/C22H26N4O/c1-18-10-5-6-12-20(18)22(27)24-14-7-3-2-4-8-15-26-17-21(25-26)19-11-9-13-23-16-19/h5-6,9-13,15-16H,2-4,7-8,14,17H2,1H3/p+1. The Morgan fingerprint density at radius 3 is 2.74 bits per heavy atom. The smallest absolute Gasteiger partial charge is 0.251 e. The van der Waals surface area contributed by atoms with Crippen molar-refractivity contribution in [3.63, 3.8) is 0 Å². The average Bonchev–Trinajstić information content (AvgIpc) is 2.66. The third kappa shape index (κ3) is 5.58. The number of nitrogens with one attached hydrogen (secondary N) is 1. The Hall–Kier alpha value is -2.82. The number of hydrogen-bond donors (Lipinski definition) is 1. The van der Waals surface area contributed by atoms with E-state index >= 15 is 0 Å². The molecule has 0 bridgehead atoms. The van der Waals surface area contributed by atoms with Gasteiger partial charge in [0.15, 0.2) is 11.9 Å². The molecule has 27 heavy (non-hydrogen) atoms. The van der Waals surface area contributed by atoms with Crippen LogP contribution in [0.2, 0.25) is 0 Å². The molecule has 2 heterocycles. The van der Waals surface area contributed by atoms with Crippen LogP contribution in [0, 0.1) is 6.92 Å². The number of rotatable bonds is 9. The first-order chi connectivity index (χ1) is 13.2. The Balaban J connectivity index is 1.25. The maximum Gasteiger partial charge on any atom is 0.251 e. The highest BCUT2D eigenvalue weighted by molar-refractivity contribution is 6.02. The molecule has 0 unspecified atom stereocenters. The lowest BCUT2D eigenvalue weighted by Crippen LogP contribution is -2.30. The molecule has 0 saturated carbocycles. The van der Waals surface area contributed by atoms with Crippen molar-refractivity contribution < 1.29 is 9.48 Å². The molecule has 0 fully saturated rings. The van der Waals surface area contributed by atoms with Crippen molar-refractivity contribution in [3.05, 3.63) is 65.5 Å². The molecule has 0 saturated heterocycles. The second-order valence-corrected chi connectivity index (χ2v) is 6.84. The summed E-state index contributed by atoms with van der Waals surface area (Å²) in [5.74, 6) is 0.0292. The monoisotopic (exact) mass is 363 g/mol. The van der Waals surface area contributed by atoms with Gasteiger partial charge in [-0.3, -0.25) is 9.78 Å². The summed E-state index contributed by atoms with van der Waals surface area (Å²) in [5, 5.41) is 7.51. The normalized spacial score (nSPS) is 14.6.